The van der Waals surface area contributed by atoms with Gasteiger partial charge >= 0.3 is 0 Å². The van der Waals surface area contributed by atoms with E-state index in [1.807, 2.05) is 31.2 Å². The first-order valence-corrected chi connectivity index (χ1v) is 11.2. The molecule has 0 fully saturated rings. The van der Waals surface area contributed by atoms with E-state index in [2.05, 4.69) is 15.5 Å². The summed E-state index contributed by atoms with van der Waals surface area (Å²) in [5.74, 6) is -0.283. The lowest BCUT2D eigenvalue weighted by molar-refractivity contribution is 0.103. The van der Waals surface area contributed by atoms with Gasteiger partial charge in [0.05, 0.1) is 10.7 Å². The molecule has 0 aliphatic carbocycles. The van der Waals surface area contributed by atoms with Crippen LogP contribution >= 0.6 is 46.1 Å². The van der Waals surface area contributed by atoms with Crippen LogP contribution in [-0.2, 0) is 0 Å². The number of thiophene rings is 1. The fourth-order valence-corrected chi connectivity index (χ4v) is 5.07. The van der Waals surface area contributed by atoms with E-state index in [-0.39, 0.29) is 5.91 Å². The molecule has 5 nitrogen and oxygen atoms in total. The highest BCUT2D eigenvalue weighted by Gasteiger charge is 2.19. The van der Waals surface area contributed by atoms with Gasteiger partial charge in [0.25, 0.3) is 5.91 Å². The van der Waals surface area contributed by atoms with Gasteiger partial charge in [-0.3, -0.25) is 4.79 Å². The van der Waals surface area contributed by atoms with E-state index in [0.717, 1.165) is 26.9 Å². The van der Waals surface area contributed by atoms with E-state index >= 15 is 0 Å². The van der Waals surface area contributed by atoms with Crippen molar-refractivity contribution in [3.05, 3.63) is 80.1 Å². The number of rotatable bonds is 3. The van der Waals surface area contributed by atoms with Gasteiger partial charge in [0.2, 0.25) is 0 Å². The Labute approximate surface area is 196 Å². The fraction of sp³-hybridized carbons (Fsp3) is 0.0455. The first-order valence-electron chi connectivity index (χ1n) is 9.21. The van der Waals surface area contributed by atoms with Gasteiger partial charge < -0.3 is 5.32 Å². The molecule has 0 radical (unpaired) electrons. The topological polar surface area (TPSA) is 59.8 Å². The van der Waals surface area contributed by atoms with Crippen LogP contribution in [0.1, 0.15) is 15.2 Å². The quantitative estimate of drug-likeness (QED) is 0.294. The largest absolute Gasteiger partial charge is 0.321 e. The molecule has 0 aliphatic heterocycles. The van der Waals surface area contributed by atoms with Crippen LogP contribution < -0.4 is 5.32 Å². The van der Waals surface area contributed by atoms with Gasteiger partial charge in [-0.15, -0.1) is 21.5 Å². The normalized spacial score (nSPS) is 11.4. The van der Waals surface area contributed by atoms with E-state index in [9.17, 15) is 4.79 Å². The second kappa shape index (κ2) is 7.80. The molecule has 5 aromatic rings. The molecule has 0 aliphatic rings. The molecule has 0 spiro atoms. The number of anilines is 1. The Morgan fingerprint density at radius 3 is 2.35 bits per heavy atom. The summed E-state index contributed by atoms with van der Waals surface area (Å²) in [5, 5.41) is 14.5. The number of carbonyl (C=O) groups excluding carboxylic acids is 1. The first kappa shape index (κ1) is 20.3. The zero-order valence-corrected chi connectivity index (χ0v) is 19.1. The standard InChI is InChI=1S/C22H13Cl3N4OS/c1-11-8-17-18(28-29(27-17)14-5-2-12(23)3-6-14)10-16(11)26-22(30)21-20(25)15-7-4-13(24)9-19(15)31-21/h2-10H,1H3,(H,26,30). The molecule has 0 atom stereocenters. The minimum Gasteiger partial charge on any atom is -0.321 e. The van der Waals surface area contributed by atoms with E-state index in [1.54, 1.807) is 35.1 Å². The Kier molecular flexibility index (Phi) is 5.10. The molecule has 0 saturated carbocycles. The molecule has 1 N–H and O–H groups in total. The third-order valence-electron chi connectivity index (χ3n) is 4.83. The zero-order chi connectivity index (χ0) is 21.7. The summed E-state index contributed by atoms with van der Waals surface area (Å²) in [6, 6.07) is 16.3. The van der Waals surface area contributed by atoms with Crippen LogP contribution in [0.15, 0.2) is 54.6 Å². The van der Waals surface area contributed by atoms with Gasteiger partial charge in [-0.05, 0) is 61.0 Å². The lowest BCUT2D eigenvalue weighted by Crippen LogP contribution is -2.11. The summed E-state index contributed by atoms with van der Waals surface area (Å²) >= 11 is 19.8. The number of halogens is 3. The SMILES string of the molecule is Cc1cc2nn(-c3ccc(Cl)cc3)nc2cc1NC(=O)c1sc2cc(Cl)ccc2c1Cl. The van der Waals surface area contributed by atoms with Crippen LogP contribution in [0, 0.1) is 6.92 Å². The van der Waals surface area contributed by atoms with Crippen LogP contribution in [0.2, 0.25) is 15.1 Å². The fourth-order valence-electron chi connectivity index (χ4n) is 3.26. The lowest BCUT2D eigenvalue weighted by atomic mass is 10.1. The molecular formula is C22H13Cl3N4OS. The molecular weight excluding hydrogens is 475 g/mol. The van der Waals surface area contributed by atoms with Gasteiger partial charge in [0.1, 0.15) is 15.9 Å². The van der Waals surface area contributed by atoms with Crippen molar-refractivity contribution in [1.82, 2.24) is 15.0 Å². The van der Waals surface area contributed by atoms with Crippen molar-refractivity contribution in [3.8, 4) is 5.69 Å². The summed E-state index contributed by atoms with van der Waals surface area (Å²) in [5.41, 5.74) is 3.68. The minimum absolute atomic E-state index is 0.283. The monoisotopic (exact) mass is 486 g/mol. The van der Waals surface area contributed by atoms with Crippen LogP contribution in [0.3, 0.4) is 0 Å². The maximum atomic E-state index is 13.0. The number of hydrogen-bond acceptors (Lipinski definition) is 4. The van der Waals surface area contributed by atoms with Crippen LogP contribution in [-0.4, -0.2) is 20.9 Å². The number of amides is 1. The van der Waals surface area contributed by atoms with E-state index < -0.39 is 0 Å². The van der Waals surface area contributed by atoms with Gasteiger partial charge in [-0.2, -0.15) is 4.80 Å². The maximum absolute atomic E-state index is 13.0. The van der Waals surface area contributed by atoms with E-state index in [1.165, 1.54) is 11.3 Å². The predicted octanol–water partition coefficient (Wildman–Crippen LogP) is 7.16. The van der Waals surface area contributed by atoms with Gasteiger partial charge in [0, 0.05) is 25.8 Å². The van der Waals surface area contributed by atoms with Crippen molar-refractivity contribution in [1.29, 1.82) is 0 Å². The Morgan fingerprint density at radius 1 is 0.935 bits per heavy atom. The van der Waals surface area contributed by atoms with Crippen LogP contribution in [0.4, 0.5) is 5.69 Å². The Bertz CT molecular complexity index is 1470. The highest BCUT2D eigenvalue weighted by Crippen LogP contribution is 2.37. The van der Waals surface area contributed by atoms with Crippen molar-refractivity contribution in [2.24, 2.45) is 0 Å². The average molecular weight is 488 g/mol. The van der Waals surface area contributed by atoms with Crippen molar-refractivity contribution >= 4 is 78.9 Å². The van der Waals surface area contributed by atoms with E-state index in [4.69, 9.17) is 34.8 Å². The molecule has 154 valence electrons. The molecule has 31 heavy (non-hydrogen) atoms. The lowest BCUT2D eigenvalue weighted by Gasteiger charge is -2.07. The molecule has 5 rings (SSSR count). The summed E-state index contributed by atoms with van der Waals surface area (Å²) in [6.07, 6.45) is 0. The second-order valence-corrected chi connectivity index (χ2v) is 9.26. The Hall–Kier alpha value is -2.64. The number of carbonyl (C=O) groups is 1. The molecule has 2 aromatic heterocycles. The summed E-state index contributed by atoms with van der Waals surface area (Å²) in [4.78, 5) is 14.9. The number of nitrogens with one attached hydrogen (secondary N) is 1. The number of aromatic nitrogens is 3. The van der Waals surface area contributed by atoms with Crippen LogP contribution in [0.5, 0.6) is 0 Å². The summed E-state index contributed by atoms with van der Waals surface area (Å²) in [6.45, 7) is 1.91. The number of hydrogen-bond donors (Lipinski definition) is 1. The molecule has 1 amide bonds. The molecule has 0 unspecified atom stereocenters. The number of nitrogens with zero attached hydrogens (tertiary/aromatic N) is 3. The van der Waals surface area contributed by atoms with Gasteiger partial charge in [0.15, 0.2) is 0 Å². The van der Waals surface area contributed by atoms with Crippen molar-refractivity contribution < 1.29 is 4.79 Å². The maximum Gasteiger partial charge on any atom is 0.267 e. The zero-order valence-electron chi connectivity index (χ0n) is 16.0. The first-order chi connectivity index (χ1) is 14.9. The van der Waals surface area contributed by atoms with Crippen molar-refractivity contribution in [2.45, 2.75) is 6.92 Å². The summed E-state index contributed by atoms with van der Waals surface area (Å²) in [7, 11) is 0. The van der Waals surface area contributed by atoms with Gasteiger partial charge in [-0.25, -0.2) is 0 Å². The second-order valence-electron chi connectivity index (χ2n) is 6.96. The van der Waals surface area contributed by atoms with Crippen LogP contribution in [0.25, 0.3) is 26.8 Å². The third-order valence-corrected chi connectivity index (χ3v) is 6.97. The molecule has 2 heterocycles. The highest BCUT2D eigenvalue weighted by atomic mass is 35.5. The summed E-state index contributed by atoms with van der Waals surface area (Å²) < 4.78 is 0.862. The highest BCUT2D eigenvalue weighted by molar-refractivity contribution is 7.21. The smallest absolute Gasteiger partial charge is 0.267 e. The number of aryl methyl sites for hydroxylation is 1. The Balaban J connectivity index is 1.49. The van der Waals surface area contributed by atoms with Crippen molar-refractivity contribution in [3.63, 3.8) is 0 Å². The third kappa shape index (κ3) is 3.77. The molecule has 0 saturated heterocycles. The molecule has 3 aromatic carbocycles. The number of fused-ring (bicyclic) bond motifs is 2. The minimum atomic E-state index is -0.283. The van der Waals surface area contributed by atoms with Crippen molar-refractivity contribution in [2.75, 3.05) is 5.32 Å². The molecule has 0 bridgehead atoms. The average Bonchev–Trinajstić information content (AvgIpc) is 3.29. The van der Waals surface area contributed by atoms with Gasteiger partial charge in [-0.1, -0.05) is 40.9 Å². The van der Waals surface area contributed by atoms with E-state index in [0.29, 0.717) is 31.1 Å². The number of benzene rings is 3. The molecule has 9 heteroatoms. The predicted molar refractivity (Wildman–Crippen MR) is 128 cm³/mol. The Morgan fingerprint density at radius 2 is 1.61 bits per heavy atom.